The van der Waals surface area contributed by atoms with Gasteiger partial charge in [0, 0.05) is 18.8 Å². The number of aliphatic hydroxyl groups is 1. The maximum absolute atomic E-state index is 12.0. The number of fused-ring (bicyclic) bond motifs is 5. The number of ketones is 1. The van der Waals surface area contributed by atoms with Crippen LogP contribution in [-0.2, 0) is 4.79 Å². The van der Waals surface area contributed by atoms with Crippen LogP contribution in [0, 0.1) is 28.6 Å². The van der Waals surface area contributed by atoms with Crippen LogP contribution in [0.3, 0.4) is 0 Å². The molecule has 1 aromatic rings. The largest absolute Gasteiger partial charge is 0.392 e. The summed E-state index contributed by atoms with van der Waals surface area (Å²) in [6.45, 7) is 4.77. The van der Waals surface area contributed by atoms with Crippen LogP contribution in [0.2, 0.25) is 0 Å². The molecule has 5 rings (SSSR count). The minimum absolute atomic E-state index is 0.0934. The maximum atomic E-state index is 12.0. The number of pyridine rings is 1. The highest BCUT2D eigenvalue weighted by Gasteiger charge is 2.59. The Kier molecular flexibility index (Phi) is 3.78. The summed E-state index contributed by atoms with van der Waals surface area (Å²) in [4.78, 5) is 16.3. The average Bonchev–Trinajstić information content (AvgIpc) is 3.01. The molecule has 2 saturated carbocycles. The van der Waals surface area contributed by atoms with Gasteiger partial charge < -0.3 is 5.11 Å². The number of aliphatic hydroxyl groups excluding tert-OH is 1. The van der Waals surface area contributed by atoms with E-state index in [0.29, 0.717) is 30.6 Å². The summed E-state index contributed by atoms with van der Waals surface area (Å²) < 4.78 is 0. The van der Waals surface area contributed by atoms with Gasteiger partial charge in [-0.1, -0.05) is 31.6 Å². The third-order valence-corrected chi connectivity index (χ3v) is 8.54. The van der Waals surface area contributed by atoms with Crippen LogP contribution in [0.25, 0.3) is 5.57 Å². The number of allylic oxidation sites excluding steroid dienone is 3. The van der Waals surface area contributed by atoms with Crippen molar-refractivity contribution in [1.29, 1.82) is 0 Å². The van der Waals surface area contributed by atoms with E-state index in [1.807, 2.05) is 24.5 Å². The molecule has 0 amide bonds. The molecule has 142 valence electrons. The van der Waals surface area contributed by atoms with Gasteiger partial charge in [0.1, 0.15) is 0 Å². The van der Waals surface area contributed by atoms with E-state index in [0.717, 1.165) is 25.7 Å². The van der Waals surface area contributed by atoms with Crippen molar-refractivity contribution in [3.63, 3.8) is 0 Å². The number of carbonyl (C=O) groups is 1. The molecule has 0 unspecified atom stereocenters. The van der Waals surface area contributed by atoms with E-state index < -0.39 is 0 Å². The number of hydrogen-bond acceptors (Lipinski definition) is 3. The number of rotatable bonds is 1. The number of aromatic nitrogens is 1. The van der Waals surface area contributed by atoms with E-state index in [-0.39, 0.29) is 22.7 Å². The van der Waals surface area contributed by atoms with Crippen LogP contribution in [-0.4, -0.2) is 22.0 Å². The third-order valence-electron chi connectivity index (χ3n) is 8.54. The van der Waals surface area contributed by atoms with Crippen molar-refractivity contribution < 1.29 is 9.90 Å². The van der Waals surface area contributed by atoms with Gasteiger partial charge in [0.15, 0.2) is 5.78 Å². The lowest BCUT2D eigenvalue weighted by atomic mass is 9.46. The van der Waals surface area contributed by atoms with Crippen LogP contribution in [0.4, 0.5) is 0 Å². The first-order valence-electron chi connectivity index (χ1n) is 10.5. The second-order valence-corrected chi connectivity index (χ2v) is 9.67. The van der Waals surface area contributed by atoms with E-state index in [2.05, 4.69) is 31.0 Å². The molecule has 4 aliphatic carbocycles. The molecule has 1 aromatic heterocycles. The zero-order valence-electron chi connectivity index (χ0n) is 16.3. The summed E-state index contributed by atoms with van der Waals surface area (Å²) >= 11 is 0. The molecule has 0 spiro atoms. The van der Waals surface area contributed by atoms with Crippen molar-refractivity contribution >= 4 is 11.4 Å². The Morgan fingerprint density at radius 1 is 1.19 bits per heavy atom. The first-order chi connectivity index (χ1) is 12.9. The first-order valence-corrected chi connectivity index (χ1v) is 10.5. The normalized spacial score (nSPS) is 43.3. The SMILES string of the molecule is C[C@]12CCC(=O)C=C1C[C@H](O)[C@@H]1[C@@H]2CC[C@]2(C)C(c3cccnc3)=CC[C@@H]12. The molecule has 3 heteroatoms. The van der Waals surface area contributed by atoms with E-state index in [1.54, 1.807) is 0 Å². The molecular weight excluding hydrogens is 334 g/mol. The molecule has 0 radical (unpaired) electrons. The smallest absolute Gasteiger partial charge is 0.155 e. The quantitative estimate of drug-likeness (QED) is 0.795. The Hall–Kier alpha value is -1.74. The van der Waals surface area contributed by atoms with E-state index in [4.69, 9.17) is 0 Å². The highest BCUT2D eigenvalue weighted by Crippen LogP contribution is 2.66. The number of hydrogen-bond donors (Lipinski definition) is 1. The summed E-state index contributed by atoms with van der Waals surface area (Å²) in [5.74, 6) is 1.54. The summed E-state index contributed by atoms with van der Waals surface area (Å²) in [6, 6.07) is 4.19. The fraction of sp³-hybridized carbons (Fsp3) is 0.583. The van der Waals surface area contributed by atoms with Crippen molar-refractivity contribution in [3.8, 4) is 0 Å². The molecule has 27 heavy (non-hydrogen) atoms. The number of carbonyl (C=O) groups excluding carboxylic acids is 1. The summed E-state index contributed by atoms with van der Waals surface area (Å²) in [5, 5.41) is 11.2. The van der Waals surface area contributed by atoms with Gasteiger partial charge in [-0.15, -0.1) is 0 Å². The fourth-order valence-corrected chi connectivity index (χ4v) is 7.07. The Balaban J connectivity index is 1.52. The molecule has 6 atom stereocenters. The lowest BCUT2D eigenvalue weighted by molar-refractivity contribution is -0.120. The Labute approximate surface area is 161 Å². The van der Waals surface area contributed by atoms with Gasteiger partial charge in [0.2, 0.25) is 0 Å². The zero-order chi connectivity index (χ0) is 18.8. The van der Waals surface area contributed by atoms with Gasteiger partial charge in [0.25, 0.3) is 0 Å². The highest BCUT2D eigenvalue weighted by molar-refractivity contribution is 5.91. The Morgan fingerprint density at radius 2 is 2.04 bits per heavy atom. The fourth-order valence-electron chi connectivity index (χ4n) is 7.07. The van der Waals surface area contributed by atoms with Crippen LogP contribution in [0.1, 0.15) is 57.9 Å². The monoisotopic (exact) mass is 363 g/mol. The van der Waals surface area contributed by atoms with Crippen LogP contribution >= 0.6 is 0 Å². The van der Waals surface area contributed by atoms with Crippen molar-refractivity contribution in [2.75, 3.05) is 0 Å². The molecule has 2 fully saturated rings. The van der Waals surface area contributed by atoms with Crippen LogP contribution in [0.15, 0.2) is 42.3 Å². The zero-order valence-corrected chi connectivity index (χ0v) is 16.3. The van der Waals surface area contributed by atoms with Crippen molar-refractivity contribution in [1.82, 2.24) is 4.98 Å². The minimum Gasteiger partial charge on any atom is -0.392 e. The molecule has 3 nitrogen and oxygen atoms in total. The van der Waals surface area contributed by atoms with Crippen molar-refractivity contribution in [3.05, 3.63) is 47.8 Å². The topological polar surface area (TPSA) is 50.2 Å². The van der Waals surface area contributed by atoms with Crippen molar-refractivity contribution in [2.24, 2.45) is 28.6 Å². The van der Waals surface area contributed by atoms with Crippen LogP contribution < -0.4 is 0 Å². The number of nitrogens with zero attached hydrogens (tertiary/aromatic N) is 1. The Morgan fingerprint density at radius 3 is 2.81 bits per heavy atom. The maximum Gasteiger partial charge on any atom is 0.155 e. The predicted molar refractivity (Wildman–Crippen MR) is 106 cm³/mol. The van der Waals surface area contributed by atoms with Gasteiger partial charge in [-0.3, -0.25) is 9.78 Å². The van der Waals surface area contributed by atoms with Gasteiger partial charge in [-0.2, -0.15) is 0 Å². The molecule has 0 aliphatic heterocycles. The molecule has 1 heterocycles. The van der Waals surface area contributed by atoms with Gasteiger partial charge >= 0.3 is 0 Å². The summed E-state index contributed by atoms with van der Waals surface area (Å²) in [7, 11) is 0. The van der Waals surface area contributed by atoms with Gasteiger partial charge in [-0.25, -0.2) is 0 Å². The van der Waals surface area contributed by atoms with E-state index in [1.165, 1.54) is 16.7 Å². The summed E-state index contributed by atoms with van der Waals surface area (Å²) in [6.07, 6.45) is 13.4. The predicted octanol–water partition coefficient (Wildman–Crippen LogP) is 4.58. The van der Waals surface area contributed by atoms with Crippen molar-refractivity contribution in [2.45, 2.75) is 58.5 Å². The molecule has 4 aliphatic rings. The third kappa shape index (κ3) is 2.37. The molecule has 1 N–H and O–H groups in total. The average molecular weight is 364 g/mol. The molecular formula is C24H29NO2. The minimum atomic E-state index is -0.327. The highest BCUT2D eigenvalue weighted by atomic mass is 16.3. The lowest BCUT2D eigenvalue weighted by Gasteiger charge is -2.59. The second kappa shape index (κ2) is 5.88. The van der Waals surface area contributed by atoms with E-state index >= 15 is 0 Å². The van der Waals surface area contributed by atoms with Crippen LogP contribution in [0.5, 0.6) is 0 Å². The van der Waals surface area contributed by atoms with Gasteiger partial charge in [-0.05, 0) is 84.0 Å². The molecule has 0 bridgehead atoms. The van der Waals surface area contributed by atoms with Gasteiger partial charge in [0.05, 0.1) is 6.10 Å². The molecule has 0 saturated heterocycles. The lowest BCUT2D eigenvalue weighted by Crippen LogP contribution is -2.55. The molecule has 0 aromatic carbocycles. The standard InChI is InChI=1S/C24H29NO2/c1-23-9-7-17(26)12-16(23)13-21(27)22-19-6-5-18(15-4-3-11-25-14-15)24(19,2)10-8-20(22)23/h3-5,11-12,14,19-22,27H,6-10,13H2,1-2H3/t19-,20-,21-,22-,23-,24+/m0/s1. The second-order valence-electron chi connectivity index (χ2n) is 9.67. The van der Waals surface area contributed by atoms with E-state index in [9.17, 15) is 9.90 Å². The Bertz CT molecular complexity index is 841. The summed E-state index contributed by atoms with van der Waals surface area (Å²) in [5.41, 5.74) is 4.09. The first kappa shape index (κ1) is 17.4.